The Kier molecular flexibility index (Phi) is 8.65. The molecule has 3 aromatic carbocycles. The maximum absolute atomic E-state index is 12.3. The van der Waals surface area contributed by atoms with E-state index in [1.165, 1.54) is 5.56 Å². The van der Waals surface area contributed by atoms with Crippen molar-refractivity contribution in [3.8, 4) is 11.1 Å². The van der Waals surface area contributed by atoms with Crippen molar-refractivity contribution in [2.24, 2.45) is 0 Å². The number of nitrogens with zero attached hydrogens (tertiary/aromatic N) is 1. The molecule has 0 unspecified atom stereocenters. The zero-order chi connectivity index (χ0) is 22.1. The minimum absolute atomic E-state index is 0.0163. The van der Waals surface area contributed by atoms with Crippen LogP contribution in [0.25, 0.3) is 11.1 Å². The maximum atomic E-state index is 12.3. The highest BCUT2D eigenvalue weighted by Crippen LogP contribution is 2.23. The minimum Gasteiger partial charge on any atom is -0.383 e. The van der Waals surface area contributed by atoms with E-state index in [0.29, 0.717) is 12.8 Å². The van der Waals surface area contributed by atoms with Crippen LogP contribution < -0.4 is 5.32 Å². The number of nitrogens with one attached hydrogen (secondary N) is 1. The van der Waals surface area contributed by atoms with Gasteiger partial charge in [0.2, 0.25) is 5.91 Å². The summed E-state index contributed by atoms with van der Waals surface area (Å²) in [4.78, 5) is 14.6. The number of methoxy groups -OCH3 is 1. The van der Waals surface area contributed by atoms with Crippen molar-refractivity contribution in [2.45, 2.75) is 19.4 Å². The van der Waals surface area contributed by atoms with Crippen molar-refractivity contribution < 1.29 is 9.53 Å². The standard InChI is InChI=1S/C26H29ClN2O2/c1-29(17-18-31-2)19-21-5-3-20(4-6-21)7-16-26(30)28-25-14-10-23(11-15-25)22-8-12-24(27)13-9-22/h3-6,8-15H,7,16-19H2,1-2H3,(H,28,30). The lowest BCUT2D eigenvalue weighted by Gasteiger charge is -2.16. The number of likely N-dealkylation sites (N-methyl/N-ethyl adjacent to an activating group) is 1. The lowest BCUT2D eigenvalue weighted by molar-refractivity contribution is -0.116. The molecule has 0 aliphatic carbocycles. The smallest absolute Gasteiger partial charge is 0.224 e. The summed E-state index contributed by atoms with van der Waals surface area (Å²) in [7, 11) is 3.80. The molecule has 0 saturated carbocycles. The van der Waals surface area contributed by atoms with Crippen LogP contribution in [0.2, 0.25) is 5.02 Å². The van der Waals surface area contributed by atoms with Crippen LogP contribution in [0.15, 0.2) is 72.8 Å². The van der Waals surface area contributed by atoms with Gasteiger partial charge in [-0.1, -0.05) is 60.1 Å². The molecule has 0 aliphatic heterocycles. The first kappa shape index (κ1) is 23.0. The van der Waals surface area contributed by atoms with Crippen LogP contribution in [-0.2, 0) is 22.5 Å². The van der Waals surface area contributed by atoms with Gasteiger partial charge in [-0.05, 0) is 60.0 Å². The first-order chi connectivity index (χ1) is 15.0. The quantitative estimate of drug-likeness (QED) is 0.446. The van der Waals surface area contributed by atoms with Crippen molar-refractivity contribution in [3.05, 3.63) is 88.9 Å². The number of hydrogen-bond donors (Lipinski definition) is 1. The van der Waals surface area contributed by atoms with Gasteiger partial charge in [0.25, 0.3) is 0 Å². The van der Waals surface area contributed by atoms with E-state index in [0.717, 1.165) is 47.1 Å². The zero-order valence-electron chi connectivity index (χ0n) is 18.1. The molecule has 3 aromatic rings. The molecule has 5 heteroatoms. The van der Waals surface area contributed by atoms with E-state index in [2.05, 4.69) is 41.5 Å². The Morgan fingerprint density at radius 3 is 2.10 bits per heavy atom. The molecule has 1 amide bonds. The second-order valence-electron chi connectivity index (χ2n) is 7.68. The van der Waals surface area contributed by atoms with Gasteiger partial charge in [-0.2, -0.15) is 0 Å². The van der Waals surface area contributed by atoms with Crippen molar-refractivity contribution in [1.82, 2.24) is 4.90 Å². The van der Waals surface area contributed by atoms with Gasteiger partial charge in [0.1, 0.15) is 0 Å². The molecular formula is C26H29ClN2O2. The fourth-order valence-corrected chi connectivity index (χ4v) is 3.44. The average molecular weight is 437 g/mol. The van der Waals surface area contributed by atoms with Crippen LogP contribution in [-0.4, -0.2) is 38.1 Å². The Hall–Kier alpha value is -2.66. The highest BCUT2D eigenvalue weighted by Gasteiger charge is 2.05. The highest BCUT2D eigenvalue weighted by atomic mass is 35.5. The summed E-state index contributed by atoms with van der Waals surface area (Å²) in [6.45, 7) is 2.52. The number of aryl methyl sites for hydroxylation is 1. The summed E-state index contributed by atoms with van der Waals surface area (Å²) in [6, 6.07) is 24.0. The number of ether oxygens (including phenoxy) is 1. The van der Waals surface area contributed by atoms with E-state index >= 15 is 0 Å². The number of rotatable bonds is 10. The van der Waals surface area contributed by atoms with E-state index in [4.69, 9.17) is 16.3 Å². The predicted molar refractivity (Wildman–Crippen MR) is 128 cm³/mol. The summed E-state index contributed by atoms with van der Waals surface area (Å²) in [5, 5.41) is 3.70. The monoisotopic (exact) mass is 436 g/mol. The highest BCUT2D eigenvalue weighted by molar-refractivity contribution is 6.30. The first-order valence-corrected chi connectivity index (χ1v) is 10.8. The molecule has 1 N–H and O–H groups in total. The molecule has 0 spiro atoms. The lowest BCUT2D eigenvalue weighted by Crippen LogP contribution is -2.22. The van der Waals surface area contributed by atoms with Crippen LogP contribution in [0.4, 0.5) is 5.69 Å². The maximum Gasteiger partial charge on any atom is 0.224 e. The van der Waals surface area contributed by atoms with Crippen LogP contribution in [0.3, 0.4) is 0 Å². The fourth-order valence-electron chi connectivity index (χ4n) is 3.32. The zero-order valence-corrected chi connectivity index (χ0v) is 18.9. The SMILES string of the molecule is COCCN(C)Cc1ccc(CCC(=O)Nc2ccc(-c3ccc(Cl)cc3)cc2)cc1. The van der Waals surface area contributed by atoms with Gasteiger partial charge in [0.15, 0.2) is 0 Å². The minimum atomic E-state index is 0.0163. The third kappa shape index (κ3) is 7.51. The van der Waals surface area contributed by atoms with Gasteiger partial charge < -0.3 is 10.1 Å². The Morgan fingerprint density at radius 1 is 0.903 bits per heavy atom. The molecule has 31 heavy (non-hydrogen) atoms. The van der Waals surface area contributed by atoms with Gasteiger partial charge in [-0.3, -0.25) is 9.69 Å². The van der Waals surface area contributed by atoms with Crippen LogP contribution >= 0.6 is 11.6 Å². The number of hydrogen-bond acceptors (Lipinski definition) is 3. The molecule has 0 bridgehead atoms. The molecule has 162 valence electrons. The van der Waals surface area contributed by atoms with Crippen molar-refractivity contribution in [1.29, 1.82) is 0 Å². The summed E-state index contributed by atoms with van der Waals surface area (Å²) in [5.74, 6) is 0.0163. The second kappa shape index (κ2) is 11.7. The van der Waals surface area contributed by atoms with E-state index in [9.17, 15) is 4.79 Å². The normalized spacial score (nSPS) is 11.0. The van der Waals surface area contributed by atoms with Gasteiger partial charge in [0, 0.05) is 37.3 Å². The average Bonchev–Trinajstić information content (AvgIpc) is 2.78. The molecule has 0 aliphatic rings. The Bertz CT molecular complexity index is 954. The van der Waals surface area contributed by atoms with Gasteiger partial charge in [0.05, 0.1) is 6.61 Å². The van der Waals surface area contributed by atoms with E-state index in [1.54, 1.807) is 7.11 Å². The summed E-state index contributed by atoms with van der Waals surface area (Å²) < 4.78 is 5.11. The first-order valence-electron chi connectivity index (χ1n) is 10.4. The Morgan fingerprint density at radius 2 is 1.48 bits per heavy atom. The number of amides is 1. The van der Waals surface area contributed by atoms with Crippen LogP contribution in [0.1, 0.15) is 17.5 Å². The third-order valence-corrected chi connectivity index (χ3v) is 5.39. The number of halogens is 1. The number of carbonyl (C=O) groups is 1. The molecule has 0 fully saturated rings. The fraction of sp³-hybridized carbons (Fsp3) is 0.269. The molecule has 3 rings (SSSR count). The van der Waals surface area contributed by atoms with Crippen molar-refractivity contribution >= 4 is 23.2 Å². The van der Waals surface area contributed by atoms with Crippen molar-refractivity contribution in [3.63, 3.8) is 0 Å². The predicted octanol–water partition coefficient (Wildman–Crippen LogP) is 5.66. The number of carbonyl (C=O) groups excluding carboxylic acids is 1. The van der Waals surface area contributed by atoms with E-state index in [1.807, 2.05) is 48.5 Å². The van der Waals surface area contributed by atoms with E-state index in [-0.39, 0.29) is 5.91 Å². The molecule has 0 atom stereocenters. The Balaban J connectivity index is 1.46. The summed E-state index contributed by atoms with van der Waals surface area (Å²) in [5.41, 5.74) is 5.40. The van der Waals surface area contributed by atoms with Gasteiger partial charge in [-0.15, -0.1) is 0 Å². The van der Waals surface area contributed by atoms with Gasteiger partial charge in [-0.25, -0.2) is 0 Å². The summed E-state index contributed by atoms with van der Waals surface area (Å²) >= 11 is 5.95. The van der Waals surface area contributed by atoms with Crippen LogP contribution in [0, 0.1) is 0 Å². The third-order valence-electron chi connectivity index (χ3n) is 5.14. The van der Waals surface area contributed by atoms with E-state index < -0.39 is 0 Å². The molecule has 0 saturated heterocycles. The van der Waals surface area contributed by atoms with Gasteiger partial charge >= 0.3 is 0 Å². The molecule has 0 heterocycles. The molecular weight excluding hydrogens is 408 g/mol. The Labute approximate surface area is 189 Å². The van der Waals surface area contributed by atoms with Crippen molar-refractivity contribution in [2.75, 3.05) is 32.6 Å². The molecule has 4 nitrogen and oxygen atoms in total. The van der Waals surface area contributed by atoms with Crippen LogP contribution in [0.5, 0.6) is 0 Å². The topological polar surface area (TPSA) is 41.6 Å². The summed E-state index contributed by atoms with van der Waals surface area (Å²) in [6.07, 6.45) is 1.17. The largest absolute Gasteiger partial charge is 0.383 e. The number of benzene rings is 3. The lowest BCUT2D eigenvalue weighted by atomic mass is 10.1. The molecule has 0 radical (unpaired) electrons. The molecule has 0 aromatic heterocycles. The second-order valence-corrected chi connectivity index (χ2v) is 8.12. The number of anilines is 1.